The Morgan fingerprint density at radius 3 is 2.30 bits per heavy atom. The van der Waals surface area contributed by atoms with E-state index in [9.17, 15) is 4.79 Å². The largest absolute Gasteiger partial charge is 0.409 e. The molecule has 0 aliphatic rings. The average molecular weight is 285 g/mol. The van der Waals surface area contributed by atoms with Crippen LogP contribution < -0.4 is 5.73 Å². The van der Waals surface area contributed by atoms with Crippen molar-refractivity contribution in [3.8, 4) is 0 Å². The minimum absolute atomic E-state index is 0.137. The molecule has 118 valence electrons. The smallest absolute Gasteiger partial charge is 0.222 e. The molecule has 0 aliphatic carbocycles. The number of nitrogens with zero attached hydrogens (tertiary/aromatic N) is 2. The van der Waals surface area contributed by atoms with Crippen LogP contribution in [0, 0.1) is 17.3 Å². The molecule has 0 spiro atoms. The Hall–Kier alpha value is -1.26. The molecule has 0 aromatic heterocycles. The summed E-state index contributed by atoms with van der Waals surface area (Å²) in [6.07, 6.45) is 1.57. The highest BCUT2D eigenvalue weighted by Crippen LogP contribution is 2.26. The van der Waals surface area contributed by atoms with E-state index in [4.69, 9.17) is 10.9 Å². The van der Waals surface area contributed by atoms with Gasteiger partial charge in [-0.25, -0.2) is 0 Å². The SMILES string of the molecule is CCN(CC(C)C(N)=NO)C(=O)CC(C)CC(C)(C)C. The summed E-state index contributed by atoms with van der Waals surface area (Å²) < 4.78 is 0. The second kappa shape index (κ2) is 8.12. The lowest BCUT2D eigenvalue weighted by Gasteiger charge is -2.27. The predicted octanol–water partition coefficient (Wildman–Crippen LogP) is 2.68. The van der Waals surface area contributed by atoms with Gasteiger partial charge in [-0.2, -0.15) is 0 Å². The summed E-state index contributed by atoms with van der Waals surface area (Å²) in [6, 6.07) is 0. The molecule has 0 heterocycles. The van der Waals surface area contributed by atoms with Crippen molar-refractivity contribution in [1.29, 1.82) is 0 Å². The Labute approximate surface area is 123 Å². The van der Waals surface area contributed by atoms with E-state index in [1.54, 1.807) is 4.90 Å². The number of carbonyl (C=O) groups excluding carboxylic acids is 1. The number of hydrogen-bond acceptors (Lipinski definition) is 3. The van der Waals surface area contributed by atoms with Crippen molar-refractivity contribution in [2.24, 2.45) is 28.1 Å². The summed E-state index contributed by atoms with van der Waals surface area (Å²) in [5.41, 5.74) is 5.80. The monoisotopic (exact) mass is 285 g/mol. The van der Waals surface area contributed by atoms with Crippen molar-refractivity contribution in [1.82, 2.24) is 4.90 Å². The maximum absolute atomic E-state index is 12.3. The third-order valence-electron chi connectivity index (χ3n) is 3.33. The van der Waals surface area contributed by atoms with E-state index >= 15 is 0 Å². The first kappa shape index (κ1) is 18.7. The molecule has 2 atom stereocenters. The molecule has 0 saturated heterocycles. The molecule has 0 rings (SSSR count). The molecule has 5 heteroatoms. The van der Waals surface area contributed by atoms with E-state index in [1.165, 1.54) is 0 Å². The summed E-state index contributed by atoms with van der Waals surface area (Å²) in [5.74, 6) is 0.526. The van der Waals surface area contributed by atoms with Crippen LogP contribution in [0.4, 0.5) is 0 Å². The first-order valence-corrected chi connectivity index (χ1v) is 7.35. The standard InChI is InChI=1S/C15H31N3O2/c1-7-18(10-12(3)14(16)17-20)13(19)8-11(2)9-15(4,5)6/h11-12,20H,7-10H2,1-6H3,(H2,16,17). The Bertz CT molecular complexity index is 335. The van der Waals surface area contributed by atoms with Crippen LogP contribution in [0.1, 0.15) is 54.4 Å². The molecule has 1 amide bonds. The van der Waals surface area contributed by atoms with Gasteiger partial charge in [0.05, 0.1) is 0 Å². The minimum Gasteiger partial charge on any atom is -0.409 e. The topological polar surface area (TPSA) is 78.9 Å². The van der Waals surface area contributed by atoms with Crippen LogP contribution in [0.25, 0.3) is 0 Å². The Morgan fingerprint density at radius 1 is 1.35 bits per heavy atom. The van der Waals surface area contributed by atoms with Crippen molar-refractivity contribution < 1.29 is 10.0 Å². The normalized spacial score (nSPS) is 15.8. The third-order valence-corrected chi connectivity index (χ3v) is 3.33. The highest BCUT2D eigenvalue weighted by molar-refractivity contribution is 5.83. The molecule has 5 nitrogen and oxygen atoms in total. The summed E-state index contributed by atoms with van der Waals surface area (Å²) in [4.78, 5) is 14.1. The Kier molecular flexibility index (Phi) is 7.61. The molecule has 0 saturated carbocycles. The fraction of sp³-hybridized carbons (Fsp3) is 0.867. The lowest BCUT2D eigenvalue weighted by molar-refractivity contribution is -0.132. The van der Waals surface area contributed by atoms with Crippen LogP contribution >= 0.6 is 0 Å². The molecular formula is C15H31N3O2. The van der Waals surface area contributed by atoms with E-state index < -0.39 is 0 Å². The first-order chi connectivity index (χ1) is 9.10. The summed E-state index contributed by atoms with van der Waals surface area (Å²) in [5, 5.41) is 11.7. The van der Waals surface area contributed by atoms with Crippen molar-refractivity contribution in [2.75, 3.05) is 13.1 Å². The summed E-state index contributed by atoms with van der Waals surface area (Å²) >= 11 is 0. The van der Waals surface area contributed by atoms with E-state index in [0.717, 1.165) is 6.42 Å². The van der Waals surface area contributed by atoms with Gasteiger partial charge >= 0.3 is 0 Å². The zero-order valence-corrected chi connectivity index (χ0v) is 13.8. The van der Waals surface area contributed by atoms with Gasteiger partial charge in [0.1, 0.15) is 5.84 Å². The maximum Gasteiger partial charge on any atom is 0.222 e. The van der Waals surface area contributed by atoms with Crippen molar-refractivity contribution in [3.05, 3.63) is 0 Å². The highest BCUT2D eigenvalue weighted by Gasteiger charge is 2.22. The predicted molar refractivity (Wildman–Crippen MR) is 82.7 cm³/mol. The lowest BCUT2D eigenvalue weighted by Crippen LogP contribution is -2.39. The van der Waals surface area contributed by atoms with Gasteiger partial charge in [-0.3, -0.25) is 4.79 Å². The van der Waals surface area contributed by atoms with E-state index in [-0.39, 0.29) is 23.1 Å². The molecule has 0 aromatic carbocycles. The van der Waals surface area contributed by atoms with Gasteiger partial charge in [-0.1, -0.05) is 39.8 Å². The number of carbonyl (C=O) groups is 1. The fourth-order valence-corrected chi connectivity index (χ4v) is 2.47. The molecule has 3 N–H and O–H groups in total. The average Bonchev–Trinajstić information content (AvgIpc) is 2.31. The molecule has 0 radical (unpaired) electrons. The van der Waals surface area contributed by atoms with E-state index in [1.807, 2.05) is 13.8 Å². The van der Waals surface area contributed by atoms with Crippen molar-refractivity contribution in [3.63, 3.8) is 0 Å². The van der Waals surface area contributed by atoms with Crippen LogP contribution in [0.5, 0.6) is 0 Å². The Morgan fingerprint density at radius 2 is 1.90 bits per heavy atom. The van der Waals surface area contributed by atoms with Crippen LogP contribution in [0.2, 0.25) is 0 Å². The number of amidine groups is 1. The van der Waals surface area contributed by atoms with Crippen molar-refractivity contribution in [2.45, 2.75) is 54.4 Å². The number of oxime groups is 1. The first-order valence-electron chi connectivity index (χ1n) is 7.35. The van der Waals surface area contributed by atoms with Gasteiger partial charge in [0.2, 0.25) is 5.91 Å². The van der Waals surface area contributed by atoms with Crippen LogP contribution in [-0.4, -0.2) is 34.9 Å². The highest BCUT2D eigenvalue weighted by atomic mass is 16.4. The maximum atomic E-state index is 12.3. The summed E-state index contributed by atoms with van der Waals surface area (Å²) in [7, 11) is 0. The number of hydrogen-bond donors (Lipinski definition) is 2. The van der Waals surface area contributed by atoms with E-state index in [0.29, 0.717) is 25.4 Å². The van der Waals surface area contributed by atoms with Gasteiger partial charge in [-0.05, 0) is 24.7 Å². The zero-order valence-electron chi connectivity index (χ0n) is 13.8. The zero-order chi connectivity index (χ0) is 15.9. The van der Waals surface area contributed by atoms with Crippen LogP contribution in [0.3, 0.4) is 0 Å². The quantitative estimate of drug-likeness (QED) is 0.327. The van der Waals surface area contributed by atoms with Crippen LogP contribution in [0.15, 0.2) is 5.16 Å². The molecule has 2 unspecified atom stereocenters. The molecule has 0 bridgehead atoms. The minimum atomic E-state index is -0.137. The second-order valence-corrected chi connectivity index (χ2v) is 6.93. The molecule has 20 heavy (non-hydrogen) atoms. The lowest BCUT2D eigenvalue weighted by atomic mass is 9.84. The van der Waals surface area contributed by atoms with E-state index in [2.05, 4.69) is 32.9 Å². The molecule has 0 aromatic rings. The fourth-order valence-electron chi connectivity index (χ4n) is 2.47. The third kappa shape index (κ3) is 7.36. The second-order valence-electron chi connectivity index (χ2n) is 6.93. The summed E-state index contributed by atoms with van der Waals surface area (Å²) in [6.45, 7) is 13.6. The van der Waals surface area contributed by atoms with Gasteiger partial charge < -0.3 is 15.8 Å². The van der Waals surface area contributed by atoms with Gasteiger partial charge in [-0.15, -0.1) is 0 Å². The van der Waals surface area contributed by atoms with Gasteiger partial charge in [0, 0.05) is 25.4 Å². The Balaban J connectivity index is 4.48. The van der Waals surface area contributed by atoms with Crippen LogP contribution in [-0.2, 0) is 4.79 Å². The number of nitrogens with two attached hydrogens (primary N) is 1. The number of amides is 1. The molecular weight excluding hydrogens is 254 g/mol. The van der Waals surface area contributed by atoms with Crippen molar-refractivity contribution >= 4 is 11.7 Å². The number of rotatable bonds is 7. The molecule has 0 fully saturated rings. The van der Waals surface area contributed by atoms with Gasteiger partial charge in [0.15, 0.2) is 0 Å². The molecule has 0 aliphatic heterocycles. The van der Waals surface area contributed by atoms with Gasteiger partial charge in [0.25, 0.3) is 0 Å².